The van der Waals surface area contributed by atoms with Gasteiger partial charge >= 0.3 is 0 Å². The van der Waals surface area contributed by atoms with E-state index in [1.807, 2.05) is 12.1 Å². The lowest BCUT2D eigenvalue weighted by atomic mass is 10.1. The fourth-order valence-electron chi connectivity index (χ4n) is 3.44. The lowest BCUT2D eigenvalue weighted by Gasteiger charge is -2.13. The van der Waals surface area contributed by atoms with E-state index < -0.39 is 0 Å². The van der Waals surface area contributed by atoms with Gasteiger partial charge in [-0.3, -0.25) is 10.1 Å². The number of methoxy groups -OCH3 is 2. The molecule has 2 heterocycles. The third-order valence-electron chi connectivity index (χ3n) is 4.86. The van der Waals surface area contributed by atoms with E-state index in [0.29, 0.717) is 34.7 Å². The Bertz CT molecular complexity index is 966. The first kappa shape index (κ1) is 18.5. The molecule has 1 aromatic carbocycles. The smallest absolute Gasteiger partial charge is 0.272 e. The first-order valence-electron chi connectivity index (χ1n) is 9.05. The van der Waals surface area contributed by atoms with E-state index in [2.05, 4.69) is 25.9 Å². The van der Waals surface area contributed by atoms with E-state index >= 15 is 0 Å². The molecule has 0 aliphatic heterocycles. The summed E-state index contributed by atoms with van der Waals surface area (Å²) in [6.45, 7) is 0.586. The van der Waals surface area contributed by atoms with Gasteiger partial charge in [0.2, 0.25) is 0 Å². The highest BCUT2D eigenvalue weighted by Gasteiger charge is 2.25. The second kappa shape index (κ2) is 8.01. The van der Waals surface area contributed by atoms with E-state index in [9.17, 15) is 4.79 Å². The molecule has 9 nitrogen and oxygen atoms in total. The molecule has 0 saturated heterocycles. The summed E-state index contributed by atoms with van der Waals surface area (Å²) in [6.07, 6.45) is 4.77. The molecule has 3 aromatic rings. The highest BCUT2D eigenvalue weighted by molar-refractivity contribution is 7.21. The van der Waals surface area contributed by atoms with Crippen LogP contribution in [-0.2, 0) is 0 Å². The van der Waals surface area contributed by atoms with Crippen molar-refractivity contribution in [1.82, 2.24) is 20.6 Å². The quantitative estimate of drug-likeness (QED) is 0.623. The Hall–Kier alpha value is -2.88. The molecule has 0 atom stereocenters. The van der Waals surface area contributed by atoms with Crippen LogP contribution in [0.5, 0.6) is 17.2 Å². The zero-order valence-corrected chi connectivity index (χ0v) is 16.5. The number of hydrogen-bond acceptors (Lipinski definition) is 8. The Morgan fingerprint density at radius 1 is 1.25 bits per heavy atom. The van der Waals surface area contributed by atoms with Gasteiger partial charge in [0, 0.05) is 16.2 Å². The summed E-state index contributed by atoms with van der Waals surface area (Å²) in [5, 5.41) is 16.8. The number of aromatic nitrogens is 4. The minimum Gasteiger partial charge on any atom is -0.493 e. The van der Waals surface area contributed by atoms with Gasteiger partial charge in [0.1, 0.15) is 4.88 Å². The van der Waals surface area contributed by atoms with Gasteiger partial charge in [-0.25, -0.2) is 0 Å². The van der Waals surface area contributed by atoms with Crippen LogP contribution in [-0.4, -0.2) is 47.4 Å². The van der Waals surface area contributed by atoms with Gasteiger partial charge in [-0.2, -0.15) is 5.21 Å². The maximum atomic E-state index is 12.8. The van der Waals surface area contributed by atoms with Crippen molar-refractivity contribution in [3.63, 3.8) is 0 Å². The number of hydrogen-bond donors (Lipinski definition) is 2. The number of amides is 1. The van der Waals surface area contributed by atoms with Gasteiger partial charge in [0.25, 0.3) is 11.9 Å². The zero-order valence-electron chi connectivity index (χ0n) is 15.7. The number of carbonyl (C=O) groups is 1. The molecule has 28 heavy (non-hydrogen) atoms. The van der Waals surface area contributed by atoms with Gasteiger partial charge < -0.3 is 14.2 Å². The minimum absolute atomic E-state index is 0.111. The molecule has 148 valence electrons. The summed E-state index contributed by atoms with van der Waals surface area (Å²) in [4.78, 5) is 13.3. The van der Waals surface area contributed by atoms with Crippen LogP contribution >= 0.6 is 11.3 Å². The number of carbonyl (C=O) groups excluding carboxylic acids is 1. The van der Waals surface area contributed by atoms with Crippen LogP contribution in [0, 0.1) is 5.92 Å². The van der Waals surface area contributed by atoms with Crippen LogP contribution in [0.4, 0.5) is 5.95 Å². The number of ether oxygens (including phenoxy) is 3. The Morgan fingerprint density at radius 3 is 2.68 bits per heavy atom. The van der Waals surface area contributed by atoms with Crippen molar-refractivity contribution in [2.45, 2.75) is 25.7 Å². The largest absolute Gasteiger partial charge is 0.493 e. The van der Waals surface area contributed by atoms with Crippen LogP contribution in [0.2, 0.25) is 0 Å². The summed E-state index contributed by atoms with van der Waals surface area (Å²) >= 11 is 1.33. The minimum atomic E-state index is -0.345. The molecule has 4 rings (SSSR count). The molecule has 1 aliphatic carbocycles. The normalized spacial score (nSPS) is 14.4. The summed E-state index contributed by atoms with van der Waals surface area (Å²) in [7, 11) is 3.16. The standard InChI is InChI=1S/C18H21N5O4S/c1-25-12-7-11-14(8-13(12)26-2)28-16(17(24)19-18-20-22-23-21-18)15(11)27-9-10-5-3-4-6-10/h7-8,10H,3-6,9H2,1-2H3,(H2,19,20,21,22,23,24). The Morgan fingerprint density at radius 2 is 2.00 bits per heavy atom. The summed E-state index contributed by atoms with van der Waals surface area (Å²) in [5.41, 5.74) is 0. The number of thiophene rings is 1. The molecule has 0 bridgehead atoms. The molecule has 0 spiro atoms. The summed E-state index contributed by atoms with van der Waals surface area (Å²) in [6, 6.07) is 3.70. The fourth-order valence-corrected chi connectivity index (χ4v) is 4.50. The average molecular weight is 403 g/mol. The van der Waals surface area contributed by atoms with Gasteiger partial charge in [0.05, 0.1) is 20.8 Å². The fraction of sp³-hybridized carbons (Fsp3) is 0.444. The molecule has 0 radical (unpaired) electrons. The van der Waals surface area contributed by atoms with Crippen molar-refractivity contribution >= 4 is 33.3 Å². The van der Waals surface area contributed by atoms with Gasteiger partial charge in [-0.05, 0) is 30.0 Å². The van der Waals surface area contributed by atoms with Gasteiger partial charge in [-0.1, -0.05) is 17.9 Å². The molecule has 10 heteroatoms. The number of nitrogens with zero attached hydrogens (tertiary/aromatic N) is 3. The molecule has 1 saturated carbocycles. The number of benzene rings is 1. The van der Waals surface area contributed by atoms with Gasteiger partial charge in [-0.15, -0.1) is 16.4 Å². The summed E-state index contributed by atoms with van der Waals surface area (Å²) < 4.78 is 17.9. The number of nitrogens with one attached hydrogen (secondary N) is 2. The topological polar surface area (TPSA) is 111 Å². The average Bonchev–Trinajstić information content (AvgIpc) is 3.46. The predicted octanol–water partition coefficient (Wildman–Crippen LogP) is 3.25. The number of tetrazole rings is 1. The molecule has 1 aliphatic rings. The highest BCUT2D eigenvalue weighted by Crippen LogP contribution is 2.44. The highest BCUT2D eigenvalue weighted by atomic mass is 32.1. The monoisotopic (exact) mass is 403 g/mol. The zero-order chi connectivity index (χ0) is 19.5. The van der Waals surface area contributed by atoms with Crippen molar-refractivity contribution in [1.29, 1.82) is 0 Å². The number of aromatic amines is 1. The molecular formula is C18H21N5O4S. The van der Waals surface area contributed by atoms with E-state index in [4.69, 9.17) is 14.2 Å². The van der Waals surface area contributed by atoms with Crippen molar-refractivity contribution in [2.24, 2.45) is 5.92 Å². The molecule has 2 N–H and O–H groups in total. The molecule has 2 aromatic heterocycles. The second-order valence-electron chi connectivity index (χ2n) is 6.61. The van der Waals surface area contributed by atoms with Crippen molar-refractivity contribution in [3.8, 4) is 17.2 Å². The van der Waals surface area contributed by atoms with E-state index in [1.54, 1.807) is 14.2 Å². The van der Waals surface area contributed by atoms with E-state index in [1.165, 1.54) is 24.2 Å². The van der Waals surface area contributed by atoms with Crippen LogP contribution in [0.15, 0.2) is 12.1 Å². The third kappa shape index (κ3) is 3.59. The third-order valence-corrected chi connectivity index (χ3v) is 6.00. The first-order chi connectivity index (χ1) is 13.7. The predicted molar refractivity (Wildman–Crippen MR) is 105 cm³/mol. The Labute approximate surface area is 165 Å². The molecule has 1 amide bonds. The van der Waals surface area contributed by atoms with Crippen LogP contribution < -0.4 is 19.5 Å². The molecule has 1 fully saturated rings. The van der Waals surface area contributed by atoms with Crippen molar-refractivity contribution < 1.29 is 19.0 Å². The molecular weight excluding hydrogens is 382 g/mol. The van der Waals surface area contributed by atoms with E-state index in [-0.39, 0.29) is 11.9 Å². The SMILES string of the molecule is COc1cc2sc(C(=O)Nc3nn[nH]n3)c(OCC3CCCC3)c2cc1OC. The number of rotatable bonds is 7. The first-order valence-corrected chi connectivity index (χ1v) is 9.87. The maximum Gasteiger partial charge on any atom is 0.272 e. The van der Waals surface area contributed by atoms with Crippen LogP contribution in [0.25, 0.3) is 10.1 Å². The number of fused-ring (bicyclic) bond motifs is 1. The Kier molecular flexibility index (Phi) is 5.29. The van der Waals surface area contributed by atoms with E-state index in [0.717, 1.165) is 22.9 Å². The number of H-pyrrole nitrogens is 1. The van der Waals surface area contributed by atoms with Crippen LogP contribution in [0.3, 0.4) is 0 Å². The van der Waals surface area contributed by atoms with Crippen molar-refractivity contribution in [3.05, 3.63) is 17.0 Å². The lowest BCUT2D eigenvalue weighted by molar-refractivity contribution is 0.102. The second-order valence-corrected chi connectivity index (χ2v) is 7.67. The van der Waals surface area contributed by atoms with Crippen LogP contribution in [0.1, 0.15) is 35.4 Å². The Balaban J connectivity index is 1.72. The maximum absolute atomic E-state index is 12.8. The molecule has 0 unspecified atom stereocenters. The van der Waals surface area contributed by atoms with Gasteiger partial charge in [0.15, 0.2) is 17.2 Å². The lowest BCUT2D eigenvalue weighted by Crippen LogP contribution is -2.14. The summed E-state index contributed by atoms with van der Waals surface area (Å²) in [5.74, 6) is 2.02. The number of anilines is 1. The van der Waals surface area contributed by atoms with Crippen molar-refractivity contribution in [2.75, 3.05) is 26.1 Å².